The van der Waals surface area contributed by atoms with Crippen LogP contribution in [-0.2, 0) is 16.0 Å². The van der Waals surface area contributed by atoms with Gasteiger partial charge in [-0.2, -0.15) is 0 Å². The summed E-state index contributed by atoms with van der Waals surface area (Å²) in [5.74, 6) is -2.56. The first-order valence-electron chi connectivity index (χ1n) is 10.00. The van der Waals surface area contributed by atoms with Gasteiger partial charge in [-0.1, -0.05) is 43.3 Å². The molecule has 1 aliphatic rings. The van der Waals surface area contributed by atoms with Crippen LogP contribution in [0.4, 0.5) is 4.79 Å². The van der Waals surface area contributed by atoms with E-state index < -0.39 is 36.0 Å². The van der Waals surface area contributed by atoms with Gasteiger partial charge in [-0.3, -0.25) is 4.79 Å². The average Bonchev–Trinajstić information content (AvgIpc) is 3.13. The molecule has 0 spiro atoms. The van der Waals surface area contributed by atoms with E-state index in [0.29, 0.717) is 6.42 Å². The highest BCUT2D eigenvalue weighted by molar-refractivity contribution is 5.95. The summed E-state index contributed by atoms with van der Waals surface area (Å²) in [6, 6.07) is 13.2. The molecule has 2 amide bonds. The lowest BCUT2D eigenvalue weighted by Gasteiger charge is -2.27. The first-order chi connectivity index (χ1) is 14.9. The van der Waals surface area contributed by atoms with Crippen molar-refractivity contribution in [1.82, 2.24) is 4.90 Å². The number of aromatic carboxylic acids is 1. The predicted octanol–water partition coefficient (Wildman–Crippen LogP) is 3.04. The Hall–Kier alpha value is -3.39. The summed E-state index contributed by atoms with van der Waals surface area (Å²) >= 11 is 0. The smallest absolute Gasteiger partial charge is 0.416 e. The molecule has 1 unspecified atom stereocenters. The molecule has 3 rings (SSSR count). The van der Waals surface area contributed by atoms with Gasteiger partial charge < -0.3 is 19.7 Å². The lowest BCUT2D eigenvalue weighted by Crippen LogP contribution is -2.45. The van der Waals surface area contributed by atoms with Crippen LogP contribution >= 0.6 is 0 Å². The van der Waals surface area contributed by atoms with Crippen LogP contribution in [0.1, 0.15) is 40.9 Å². The number of carboxylic acids is 1. The minimum atomic E-state index is -1.30. The number of carbonyl (C=O) groups is 3. The summed E-state index contributed by atoms with van der Waals surface area (Å²) in [5, 5.41) is 20.3. The van der Waals surface area contributed by atoms with E-state index in [2.05, 4.69) is 0 Å². The largest absolute Gasteiger partial charge is 0.496 e. The average molecular weight is 427 g/mol. The van der Waals surface area contributed by atoms with Gasteiger partial charge in [0.05, 0.1) is 25.2 Å². The predicted molar refractivity (Wildman–Crippen MR) is 111 cm³/mol. The molecule has 2 aromatic carbocycles. The molecule has 0 aromatic heterocycles. The van der Waals surface area contributed by atoms with Gasteiger partial charge in [0.1, 0.15) is 17.9 Å². The number of benzene rings is 2. The van der Waals surface area contributed by atoms with Crippen LogP contribution in [0, 0.1) is 5.92 Å². The van der Waals surface area contributed by atoms with Gasteiger partial charge >= 0.3 is 12.1 Å². The number of hydrogen-bond acceptors (Lipinski definition) is 6. The second-order valence-corrected chi connectivity index (χ2v) is 7.35. The molecule has 0 bridgehead atoms. The molecular formula is C23H25NO7. The van der Waals surface area contributed by atoms with Crippen molar-refractivity contribution in [1.29, 1.82) is 0 Å². The summed E-state index contributed by atoms with van der Waals surface area (Å²) in [6.45, 7) is 1.80. The van der Waals surface area contributed by atoms with Crippen LogP contribution in [-0.4, -0.2) is 52.8 Å². The van der Waals surface area contributed by atoms with Crippen molar-refractivity contribution in [3.63, 3.8) is 0 Å². The van der Waals surface area contributed by atoms with Gasteiger partial charge in [0.2, 0.25) is 5.91 Å². The van der Waals surface area contributed by atoms with Gasteiger partial charge in [0, 0.05) is 0 Å². The number of rotatable bonds is 8. The van der Waals surface area contributed by atoms with Gasteiger partial charge in [-0.15, -0.1) is 0 Å². The fourth-order valence-corrected chi connectivity index (χ4v) is 3.79. The topological polar surface area (TPSA) is 113 Å². The first kappa shape index (κ1) is 22.3. The maximum absolute atomic E-state index is 13.3. The second kappa shape index (κ2) is 9.61. The zero-order valence-corrected chi connectivity index (χ0v) is 17.4. The number of aliphatic hydroxyl groups is 1. The fourth-order valence-electron chi connectivity index (χ4n) is 3.79. The van der Waals surface area contributed by atoms with Gasteiger partial charge in [-0.25, -0.2) is 14.5 Å². The molecule has 1 aliphatic heterocycles. The molecule has 0 aliphatic carbocycles. The second-order valence-electron chi connectivity index (χ2n) is 7.35. The molecule has 1 fully saturated rings. The van der Waals surface area contributed by atoms with E-state index in [-0.39, 0.29) is 29.9 Å². The highest BCUT2D eigenvalue weighted by atomic mass is 16.6. The maximum Gasteiger partial charge on any atom is 0.416 e. The quantitative estimate of drug-likeness (QED) is 0.666. The Morgan fingerprint density at radius 3 is 2.55 bits per heavy atom. The minimum absolute atomic E-state index is 0.0810. The molecular weight excluding hydrogens is 402 g/mol. The van der Waals surface area contributed by atoms with Crippen LogP contribution < -0.4 is 4.74 Å². The van der Waals surface area contributed by atoms with E-state index in [1.54, 1.807) is 6.92 Å². The number of hydrogen-bond donors (Lipinski definition) is 2. The molecule has 3 atom stereocenters. The monoisotopic (exact) mass is 427 g/mol. The standard InChI is InChI=1S/C23H25NO7/c1-3-17(20(25)15-9-10-19(30-2)18(12-15)22(27)28)21(26)24-16(13-31-23(24)29)11-14-7-5-4-6-8-14/h4-10,12,16-17,20,25H,3,11,13H2,1-2H3,(H,27,28)/t16?,17-,20+/m0/s1. The van der Waals surface area contributed by atoms with E-state index in [4.69, 9.17) is 9.47 Å². The van der Waals surface area contributed by atoms with E-state index in [1.807, 2.05) is 30.3 Å². The minimum Gasteiger partial charge on any atom is -0.496 e. The molecule has 164 valence electrons. The fraction of sp³-hybridized carbons (Fsp3) is 0.348. The molecule has 8 nitrogen and oxygen atoms in total. The van der Waals surface area contributed by atoms with Crippen molar-refractivity contribution < 1.29 is 34.1 Å². The van der Waals surface area contributed by atoms with Crippen molar-refractivity contribution in [3.05, 3.63) is 65.2 Å². The molecule has 1 heterocycles. The number of amides is 2. The molecule has 0 saturated carbocycles. The molecule has 2 aromatic rings. The Kier molecular flexibility index (Phi) is 6.91. The van der Waals surface area contributed by atoms with Gasteiger partial charge in [0.15, 0.2) is 0 Å². The van der Waals surface area contributed by atoms with Crippen molar-refractivity contribution in [2.75, 3.05) is 13.7 Å². The summed E-state index contributed by atoms with van der Waals surface area (Å²) < 4.78 is 10.2. The van der Waals surface area contributed by atoms with Crippen LogP contribution in [0.2, 0.25) is 0 Å². The van der Waals surface area contributed by atoms with Crippen molar-refractivity contribution >= 4 is 18.0 Å². The number of cyclic esters (lactones) is 1. The maximum atomic E-state index is 13.3. The number of carboxylic acid groups (broad SMARTS) is 1. The Balaban J connectivity index is 1.85. The molecule has 31 heavy (non-hydrogen) atoms. The third-order valence-corrected chi connectivity index (χ3v) is 5.45. The van der Waals surface area contributed by atoms with Gasteiger partial charge in [-0.05, 0) is 36.1 Å². The number of aliphatic hydroxyl groups excluding tert-OH is 1. The van der Waals surface area contributed by atoms with E-state index in [0.717, 1.165) is 10.5 Å². The highest BCUT2D eigenvalue weighted by Gasteiger charge is 2.42. The summed E-state index contributed by atoms with van der Waals surface area (Å²) in [7, 11) is 1.35. The lowest BCUT2D eigenvalue weighted by molar-refractivity contribution is -0.137. The number of nitrogens with zero attached hydrogens (tertiary/aromatic N) is 1. The van der Waals surface area contributed by atoms with Crippen molar-refractivity contribution in [2.24, 2.45) is 5.92 Å². The zero-order chi connectivity index (χ0) is 22.5. The summed E-state index contributed by atoms with van der Waals surface area (Å²) in [5.41, 5.74) is 1.09. The van der Waals surface area contributed by atoms with Crippen molar-refractivity contribution in [2.45, 2.75) is 31.9 Å². The van der Waals surface area contributed by atoms with Crippen LogP contribution in [0.15, 0.2) is 48.5 Å². The third kappa shape index (κ3) is 4.69. The molecule has 2 N–H and O–H groups in total. The number of imide groups is 1. The van der Waals surface area contributed by atoms with Gasteiger partial charge in [0.25, 0.3) is 0 Å². The van der Waals surface area contributed by atoms with E-state index in [9.17, 15) is 24.6 Å². The Labute approximate surface area is 180 Å². The highest BCUT2D eigenvalue weighted by Crippen LogP contribution is 2.32. The van der Waals surface area contributed by atoms with Crippen LogP contribution in [0.3, 0.4) is 0 Å². The molecule has 1 saturated heterocycles. The summed E-state index contributed by atoms with van der Waals surface area (Å²) in [4.78, 5) is 38.2. The van der Waals surface area contributed by atoms with Crippen LogP contribution in [0.25, 0.3) is 0 Å². The molecule has 0 radical (unpaired) electrons. The first-order valence-corrected chi connectivity index (χ1v) is 10.00. The third-order valence-electron chi connectivity index (χ3n) is 5.45. The number of carbonyl (C=O) groups excluding carboxylic acids is 2. The lowest BCUT2D eigenvalue weighted by atomic mass is 9.90. The Morgan fingerprint density at radius 2 is 1.94 bits per heavy atom. The normalized spacial score (nSPS) is 17.7. The van der Waals surface area contributed by atoms with E-state index >= 15 is 0 Å². The summed E-state index contributed by atoms with van der Waals surface area (Å²) in [6.07, 6.45) is -1.35. The number of ether oxygens (including phenoxy) is 2. The zero-order valence-electron chi connectivity index (χ0n) is 17.4. The number of methoxy groups -OCH3 is 1. The van der Waals surface area contributed by atoms with E-state index in [1.165, 1.54) is 25.3 Å². The molecule has 8 heteroatoms. The van der Waals surface area contributed by atoms with Crippen LogP contribution in [0.5, 0.6) is 5.75 Å². The Morgan fingerprint density at radius 1 is 1.23 bits per heavy atom. The van der Waals surface area contributed by atoms with Crippen molar-refractivity contribution in [3.8, 4) is 5.75 Å². The Bertz CT molecular complexity index is 960. The SMILES string of the molecule is CC[C@H](C(=O)N1C(=O)OCC1Cc1ccccc1)[C@H](O)c1ccc(OC)c(C(=O)O)c1.